The van der Waals surface area contributed by atoms with Crippen LogP contribution in [0.5, 0.6) is 0 Å². The number of hydroxylamine groups is 1. The first-order valence-electron chi connectivity index (χ1n) is 2.67. The molecule has 0 aromatic heterocycles. The second kappa shape index (κ2) is 1.47. The van der Waals surface area contributed by atoms with Crippen LogP contribution in [0.1, 0.15) is 0 Å². The highest BCUT2D eigenvalue weighted by Gasteiger charge is 2.30. The molecule has 8 heavy (non-hydrogen) atoms. The van der Waals surface area contributed by atoms with Crippen LogP contribution in [0.2, 0.25) is 0 Å². The third kappa shape index (κ3) is 0.454. The molecule has 2 aliphatic heterocycles. The van der Waals surface area contributed by atoms with Crippen molar-refractivity contribution in [3.05, 3.63) is 12.3 Å². The summed E-state index contributed by atoms with van der Waals surface area (Å²) < 4.78 is 5.01. The maximum absolute atomic E-state index is 5.01. The monoisotopic (exact) mass is 113 g/mol. The molecular weight excluding hydrogens is 106 g/mol. The van der Waals surface area contributed by atoms with Crippen molar-refractivity contribution < 1.29 is 9.57 Å². The molecule has 2 rings (SSSR count). The van der Waals surface area contributed by atoms with Gasteiger partial charge in [-0.15, -0.1) is 0 Å². The van der Waals surface area contributed by atoms with Gasteiger partial charge in [-0.3, -0.25) is 4.84 Å². The smallest absolute Gasteiger partial charge is 0.224 e. The molecule has 3 heteroatoms. The van der Waals surface area contributed by atoms with E-state index in [4.69, 9.17) is 9.57 Å². The molecule has 3 nitrogen and oxygen atoms in total. The molecule has 1 N–H and O–H groups in total. The molecule has 0 aliphatic carbocycles. The number of hydrogen-bond acceptors (Lipinski definition) is 3. The quantitative estimate of drug-likeness (QED) is 0.480. The largest absolute Gasteiger partial charge is 0.471 e. The van der Waals surface area contributed by atoms with Gasteiger partial charge in [0.25, 0.3) is 0 Å². The minimum atomic E-state index is -0.0463. The highest BCUT2D eigenvalue weighted by molar-refractivity contribution is 4.94. The van der Waals surface area contributed by atoms with Crippen LogP contribution in [0.4, 0.5) is 0 Å². The molecular formula is C5H7NO2. The third-order valence-electron chi connectivity index (χ3n) is 1.41. The Hall–Kier alpha value is -0.540. The van der Waals surface area contributed by atoms with Gasteiger partial charge < -0.3 is 4.74 Å². The zero-order chi connectivity index (χ0) is 5.40. The lowest BCUT2D eigenvalue weighted by atomic mass is 10.2. The summed E-state index contributed by atoms with van der Waals surface area (Å²) in [5.41, 5.74) is 2.75. The molecule has 1 fully saturated rings. The summed E-state index contributed by atoms with van der Waals surface area (Å²) >= 11 is 0. The van der Waals surface area contributed by atoms with Crippen molar-refractivity contribution in [2.75, 3.05) is 6.54 Å². The fourth-order valence-corrected chi connectivity index (χ4v) is 0.921. The van der Waals surface area contributed by atoms with Crippen LogP contribution in [0.15, 0.2) is 12.3 Å². The van der Waals surface area contributed by atoms with Crippen molar-refractivity contribution in [3.8, 4) is 0 Å². The topological polar surface area (TPSA) is 30.5 Å². The standard InChI is InChI=1S/C5H7NO2/c1-2-7-5-4(1)3-6-8-5/h1-2,4-6H,3H2. The molecule has 2 heterocycles. The van der Waals surface area contributed by atoms with Gasteiger partial charge in [0.05, 0.1) is 12.2 Å². The van der Waals surface area contributed by atoms with Crippen LogP contribution in [-0.2, 0) is 9.57 Å². The lowest BCUT2D eigenvalue weighted by Gasteiger charge is -2.03. The van der Waals surface area contributed by atoms with Crippen molar-refractivity contribution in [2.45, 2.75) is 6.29 Å². The normalized spacial score (nSPS) is 42.0. The second-order valence-corrected chi connectivity index (χ2v) is 1.96. The lowest BCUT2D eigenvalue weighted by molar-refractivity contribution is -0.106. The van der Waals surface area contributed by atoms with Crippen LogP contribution in [0, 0.1) is 5.92 Å². The van der Waals surface area contributed by atoms with Gasteiger partial charge in [0.2, 0.25) is 6.29 Å². The molecule has 44 valence electrons. The Bertz CT molecular complexity index is 124. The molecule has 0 aromatic carbocycles. The Labute approximate surface area is 47.2 Å². The molecule has 0 radical (unpaired) electrons. The SMILES string of the molecule is C1=CC2CNOC2O1. The number of fused-ring (bicyclic) bond motifs is 1. The van der Waals surface area contributed by atoms with Crippen molar-refractivity contribution in [1.29, 1.82) is 0 Å². The van der Waals surface area contributed by atoms with E-state index < -0.39 is 0 Å². The van der Waals surface area contributed by atoms with Crippen molar-refractivity contribution >= 4 is 0 Å². The van der Waals surface area contributed by atoms with Gasteiger partial charge in [-0.05, 0) is 6.08 Å². The van der Waals surface area contributed by atoms with Gasteiger partial charge in [0.1, 0.15) is 0 Å². The van der Waals surface area contributed by atoms with Gasteiger partial charge >= 0.3 is 0 Å². The summed E-state index contributed by atoms with van der Waals surface area (Å²) in [5.74, 6) is 0.440. The number of rotatable bonds is 0. The molecule has 0 saturated carbocycles. The zero-order valence-corrected chi connectivity index (χ0v) is 4.33. The summed E-state index contributed by atoms with van der Waals surface area (Å²) in [6.07, 6.45) is 3.65. The van der Waals surface area contributed by atoms with E-state index in [9.17, 15) is 0 Å². The molecule has 0 aromatic rings. The summed E-state index contributed by atoms with van der Waals surface area (Å²) in [6.45, 7) is 0.876. The average molecular weight is 113 g/mol. The lowest BCUT2D eigenvalue weighted by Crippen LogP contribution is -2.11. The number of hydrogen-bond donors (Lipinski definition) is 1. The number of nitrogens with one attached hydrogen (secondary N) is 1. The van der Waals surface area contributed by atoms with Gasteiger partial charge in [-0.1, -0.05) is 0 Å². The highest BCUT2D eigenvalue weighted by Crippen LogP contribution is 2.20. The molecule has 2 atom stereocenters. The van der Waals surface area contributed by atoms with E-state index in [-0.39, 0.29) is 6.29 Å². The van der Waals surface area contributed by atoms with E-state index in [1.165, 1.54) is 0 Å². The molecule has 0 amide bonds. The van der Waals surface area contributed by atoms with Crippen molar-refractivity contribution in [1.82, 2.24) is 5.48 Å². The Morgan fingerprint density at radius 3 is 3.50 bits per heavy atom. The minimum Gasteiger partial charge on any atom is -0.471 e. The summed E-state index contributed by atoms with van der Waals surface area (Å²) in [6, 6.07) is 0. The first-order valence-corrected chi connectivity index (χ1v) is 2.67. The fraction of sp³-hybridized carbons (Fsp3) is 0.600. The van der Waals surface area contributed by atoms with E-state index in [0.717, 1.165) is 6.54 Å². The van der Waals surface area contributed by atoms with Gasteiger partial charge in [0, 0.05) is 6.54 Å². The summed E-state index contributed by atoms with van der Waals surface area (Å²) in [5, 5.41) is 0. The van der Waals surface area contributed by atoms with Crippen LogP contribution >= 0.6 is 0 Å². The minimum absolute atomic E-state index is 0.0463. The van der Waals surface area contributed by atoms with Crippen LogP contribution in [0.25, 0.3) is 0 Å². The van der Waals surface area contributed by atoms with Crippen LogP contribution in [0.3, 0.4) is 0 Å². The average Bonchev–Trinajstić information content (AvgIpc) is 2.15. The predicted molar refractivity (Wildman–Crippen MR) is 26.6 cm³/mol. The molecule has 0 spiro atoms. The van der Waals surface area contributed by atoms with E-state index in [1.54, 1.807) is 6.26 Å². The molecule has 2 aliphatic rings. The Morgan fingerprint density at radius 1 is 1.62 bits per heavy atom. The van der Waals surface area contributed by atoms with E-state index in [1.807, 2.05) is 6.08 Å². The maximum Gasteiger partial charge on any atom is 0.224 e. The first-order chi connectivity index (χ1) is 3.97. The van der Waals surface area contributed by atoms with Crippen molar-refractivity contribution in [3.63, 3.8) is 0 Å². The van der Waals surface area contributed by atoms with Crippen molar-refractivity contribution in [2.24, 2.45) is 5.92 Å². The first kappa shape index (κ1) is 4.35. The second-order valence-electron chi connectivity index (χ2n) is 1.96. The molecule has 1 saturated heterocycles. The Morgan fingerprint density at radius 2 is 2.62 bits per heavy atom. The summed E-state index contributed by atoms with van der Waals surface area (Å²) in [4.78, 5) is 4.94. The highest BCUT2D eigenvalue weighted by atomic mass is 16.8. The van der Waals surface area contributed by atoms with Crippen LogP contribution in [-0.4, -0.2) is 12.8 Å². The van der Waals surface area contributed by atoms with E-state index in [0.29, 0.717) is 5.92 Å². The molecule has 0 bridgehead atoms. The number of ether oxygens (including phenoxy) is 1. The van der Waals surface area contributed by atoms with Crippen LogP contribution < -0.4 is 5.48 Å². The predicted octanol–water partition coefficient (Wildman–Crippen LogP) is 0.00740. The van der Waals surface area contributed by atoms with Gasteiger partial charge in [0.15, 0.2) is 0 Å². The Kier molecular flexibility index (Phi) is 0.797. The van der Waals surface area contributed by atoms with E-state index >= 15 is 0 Å². The molecule has 2 unspecified atom stereocenters. The van der Waals surface area contributed by atoms with Gasteiger partial charge in [-0.2, -0.15) is 5.48 Å². The van der Waals surface area contributed by atoms with E-state index in [2.05, 4.69) is 5.48 Å². The zero-order valence-electron chi connectivity index (χ0n) is 4.33. The maximum atomic E-state index is 5.01. The Balaban J connectivity index is 2.13. The van der Waals surface area contributed by atoms with Gasteiger partial charge in [-0.25, -0.2) is 0 Å². The fourth-order valence-electron chi connectivity index (χ4n) is 0.921. The summed E-state index contributed by atoms with van der Waals surface area (Å²) in [7, 11) is 0. The third-order valence-corrected chi connectivity index (χ3v) is 1.41.